The standard InChI is InChI=1S/C15H17N3O2/c1-10(12-4-2-11(9-16)3-5-12)18-15(20)13-6-7-17-14(19)8-13/h2-8,10H,9,16H2,1H3,(H,17,19)(H,18,20). The molecule has 0 saturated carbocycles. The van der Waals surface area contributed by atoms with Crippen molar-refractivity contribution in [2.24, 2.45) is 5.73 Å². The van der Waals surface area contributed by atoms with Gasteiger partial charge in [-0.25, -0.2) is 0 Å². The van der Waals surface area contributed by atoms with Crippen LogP contribution in [0.3, 0.4) is 0 Å². The molecule has 1 aromatic carbocycles. The second-order valence-electron chi connectivity index (χ2n) is 4.58. The fourth-order valence-electron chi connectivity index (χ4n) is 1.89. The predicted molar refractivity (Wildman–Crippen MR) is 77.3 cm³/mol. The SMILES string of the molecule is CC(NC(=O)c1cc[nH]c(=O)c1)c1ccc(CN)cc1. The maximum absolute atomic E-state index is 12.0. The van der Waals surface area contributed by atoms with Gasteiger partial charge in [0, 0.05) is 24.4 Å². The van der Waals surface area contributed by atoms with Crippen molar-refractivity contribution in [1.29, 1.82) is 0 Å². The number of nitrogens with two attached hydrogens (primary N) is 1. The van der Waals surface area contributed by atoms with E-state index in [9.17, 15) is 9.59 Å². The normalized spacial score (nSPS) is 11.9. The minimum atomic E-state index is -0.294. The van der Waals surface area contributed by atoms with Crippen LogP contribution in [-0.4, -0.2) is 10.9 Å². The van der Waals surface area contributed by atoms with Gasteiger partial charge in [-0.15, -0.1) is 0 Å². The number of aromatic amines is 1. The number of nitrogens with one attached hydrogen (secondary N) is 2. The number of rotatable bonds is 4. The van der Waals surface area contributed by atoms with Crippen LogP contribution < -0.4 is 16.6 Å². The first kappa shape index (κ1) is 14.0. The summed E-state index contributed by atoms with van der Waals surface area (Å²) in [6, 6.07) is 10.4. The minimum Gasteiger partial charge on any atom is -0.346 e. The lowest BCUT2D eigenvalue weighted by molar-refractivity contribution is 0.0939. The lowest BCUT2D eigenvalue weighted by atomic mass is 10.1. The Bertz CT molecular complexity index is 647. The molecule has 1 aromatic heterocycles. The van der Waals surface area contributed by atoms with E-state index in [-0.39, 0.29) is 17.5 Å². The third-order valence-electron chi connectivity index (χ3n) is 3.10. The number of hydrogen-bond acceptors (Lipinski definition) is 3. The average Bonchev–Trinajstić information content (AvgIpc) is 2.47. The first-order valence-electron chi connectivity index (χ1n) is 6.38. The largest absolute Gasteiger partial charge is 0.346 e. The molecule has 0 aliphatic carbocycles. The molecule has 0 radical (unpaired) electrons. The van der Waals surface area contributed by atoms with Crippen LogP contribution in [-0.2, 0) is 6.54 Å². The molecular formula is C15H17N3O2. The molecular weight excluding hydrogens is 254 g/mol. The van der Waals surface area contributed by atoms with Crippen LogP contribution in [0.1, 0.15) is 34.5 Å². The van der Waals surface area contributed by atoms with Gasteiger partial charge in [0.2, 0.25) is 5.56 Å². The van der Waals surface area contributed by atoms with Gasteiger partial charge in [-0.2, -0.15) is 0 Å². The molecule has 0 saturated heterocycles. The van der Waals surface area contributed by atoms with Gasteiger partial charge in [-0.1, -0.05) is 24.3 Å². The maximum Gasteiger partial charge on any atom is 0.252 e. The number of aromatic nitrogens is 1. The van der Waals surface area contributed by atoms with E-state index in [1.807, 2.05) is 31.2 Å². The van der Waals surface area contributed by atoms with Crippen LogP contribution in [0.4, 0.5) is 0 Å². The monoisotopic (exact) mass is 271 g/mol. The molecule has 104 valence electrons. The molecule has 1 unspecified atom stereocenters. The maximum atomic E-state index is 12.0. The van der Waals surface area contributed by atoms with E-state index in [1.54, 1.807) is 6.07 Å². The van der Waals surface area contributed by atoms with Crippen LogP contribution in [0.15, 0.2) is 47.4 Å². The van der Waals surface area contributed by atoms with Gasteiger partial charge >= 0.3 is 0 Å². The van der Waals surface area contributed by atoms with E-state index in [1.165, 1.54) is 12.3 Å². The van der Waals surface area contributed by atoms with Gasteiger partial charge in [-0.05, 0) is 24.1 Å². The molecule has 2 rings (SSSR count). The Balaban J connectivity index is 2.08. The van der Waals surface area contributed by atoms with Crippen molar-refractivity contribution in [3.63, 3.8) is 0 Å². The molecule has 0 aliphatic rings. The summed E-state index contributed by atoms with van der Waals surface area (Å²) in [5.74, 6) is -0.272. The van der Waals surface area contributed by atoms with Gasteiger partial charge in [-0.3, -0.25) is 9.59 Å². The Hall–Kier alpha value is -2.40. The van der Waals surface area contributed by atoms with Gasteiger partial charge in [0.15, 0.2) is 0 Å². The van der Waals surface area contributed by atoms with Crippen molar-refractivity contribution in [2.75, 3.05) is 0 Å². The molecule has 4 N–H and O–H groups in total. The van der Waals surface area contributed by atoms with E-state index in [2.05, 4.69) is 10.3 Å². The summed E-state index contributed by atoms with van der Waals surface area (Å²) in [6.45, 7) is 2.39. The number of hydrogen-bond donors (Lipinski definition) is 3. The number of carbonyl (C=O) groups excluding carboxylic acids is 1. The van der Waals surface area contributed by atoms with Crippen molar-refractivity contribution < 1.29 is 4.79 Å². The number of carbonyl (C=O) groups is 1. The van der Waals surface area contributed by atoms with Crippen LogP contribution >= 0.6 is 0 Å². The lowest BCUT2D eigenvalue weighted by Crippen LogP contribution is -2.27. The zero-order valence-corrected chi connectivity index (χ0v) is 11.2. The summed E-state index contributed by atoms with van der Waals surface area (Å²) in [5, 5.41) is 2.85. The summed E-state index contributed by atoms with van der Waals surface area (Å²) in [4.78, 5) is 25.7. The van der Waals surface area contributed by atoms with Crippen LogP contribution in [0, 0.1) is 0 Å². The van der Waals surface area contributed by atoms with E-state index in [0.717, 1.165) is 11.1 Å². The Morgan fingerprint density at radius 3 is 2.60 bits per heavy atom. The molecule has 1 heterocycles. The molecule has 20 heavy (non-hydrogen) atoms. The number of pyridine rings is 1. The van der Waals surface area contributed by atoms with Crippen LogP contribution in [0.25, 0.3) is 0 Å². The smallest absolute Gasteiger partial charge is 0.252 e. The molecule has 0 fully saturated rings. The molecule has 1 atom stereocenters. The summed E-state index contributed by atoms with van der Waals surface area (Å²) in [6.07, 6.45) is 1.46. The Kier molecular flexibility index (Phi) is 4.32. The molecule has 5 nitrogen and oxygen atoms in total. The van der Waals surface area contributed by atoms with Gasteiger partial charge < -0.3 is 16.0 Å². The fraction of sp³-hybridized carbons (Fsp3) is 0.200. The predicted octanol–water partition coefficient (Wildman–Crippen LogP) is 1.32. The molecule has 5 heteroatoms. The summed E-state index contributed by atoms with van der Waals surface area (Å²) in [5.41, 5.74) is 7.63. The summed E-state index contributed by atoms with van der Waals surface area (Å²) in [7, 11) is 0. The zero-order chi connectivity index (χ0) is 14.5. The first-order valence-corrected chi connectivity index (χ1v) is 6.38. The zero-order valence-electron chi connectivity index (χ0n) is 11.2. The van der Waals surface area contributed by atoms with E-state index in [4.69, 9.17) is 5.73 Å². The molecule has 0 bridgehead atoms. The van der Waals surface area contributed by atoms with Gasteiger partial charge in [0.1, 0.15) is 0 Å². The summed E-state index contributed by atoms with van der Waals surface area (Å²) < 4.78 is 0. The highest BCUT2D eigenvalue weighted by molar-refractivity contribution is 5.94. The minimum absolute atomic E-state index is 0.145. The van der Waals surface area contributed by atoms with Crippen molar-refractivity contribution in [3.8, 4) is 0 Å². The first-order chi connectivity index (χ1) is 9.60. The van der Waals surface area contributed by atoms with Gasteiger partial charge in [0.25, 0.3) is 5.91 Å². The van der Waals surface area contributed by atoms with Crippen LogP contribution in [0.2, 0.25) is 0 Å². The molecule has 1 amide bonds. The summed E-state index contributed by atoms with van der Waals surface area (Å²) >= 11 is 0. The number of benzene rings is 1. The Morgan fingerprint density at radius 2 is 2.00 bits per heavy atom. The highest BCUT2D eigenvalue weighted by atomic mass is 16.2. The quantitative estimate of drug-likeness (QED) is 0.783. The molecule has 0 spiro atoms. The second kappa shape index (κ2) is 6.16. The van der Waals surface area contributed by atoms with Crippen molar-refractivity contribution in [1.82, 2.24) is 10.3 Å². The van der Waals surface area contributed by atoms with Crippen molar-refractivity contribution >= 4 is 5.91 Å². The van der Waals surface area contributed by atoms with Gasteiger partial charge in [0.05, 0.1) is 6.04 Å². The Morgan fingerprint density at radius 1 is 1.30 bits per heavy atom. The number of H-pyrrole nitrogens is 1. The molecule has 2 aromatic rings. The molecule has 0 aliphatic heterocycles. The third-order valence-corrected chi connectivity index (χ3v) is 3.10. The number of amides is 1. The lowest BCUT2D eigenvalue weighted by Gasteiger charge is -2.14. The third kappa shape index (κ3) is 3.33. The Labute approximate surface area is 116 Å². The second-order valence-corrected chi connectivity index (χ2v) is 4.58. The fourth-order valence-corrected chi connectivity index (χ4v) is 1.89. The van der Waals surface area contributed by atoms with Crippen molar-refractivity contribution in [3.05, 3.63) is 69.6 Å². The van der Waals surface area contributed by atoms with Crippen molar-refractivity contribution in [2.45, 2.75) is 19.5 Å². The highest BCUT2D eigenvalue weighted by Crippen LogP contribution is 2.13. The van der Waals surface area contributed by atoms with E-state index >= 15 is 0 Å². The van der Waals surface area contributed by atoms with E-state index in [0.29, 0.717) is 12.1 Å². The van der Waals surface area contributed by atoms with E-state index < -0.39 is 0 Å². The highest BCUT2D eigenvalue weighted by Gasteiger charge is 2.11. The average molecular weight is 271 g/mol. The van der Waals surface area contributed by atoms with Crippen LogP contribution in [0.5, 0.6) is 0 Å². The topological polar surface area (TPSA) is 88.0 Å².